The molecule has 4 N–H and O–H groups in total. The molecule has 2 aromatic carbocycles. The van der Waals surface area contributed by atoms with Crippen molar-refractivity contribution in [3.8, 4) is 6.07 Å². The zero-order valence-electron chi connectivity index (χ0n) is 12.6. The van der Waals surface area contributed by atoms with Gasteiger partial charge in [0.2, 0.25) is 15.7 Å². The summed E-state index contributed by atoms with van der Waals surface area (Å²) in [4.78, 5) is 11.9. The number of nitrogens with one attached hydrogen (secondary N) is 2. The number of hydrogen-bond donors (Lipinski definition) is 3. The van der Waals surface area contributed by atoms with Crippen molar-refractivity contribution in [1.82, 2.24) is 0 Å². The van der Waals surface area contributed by atoms with Gasteiger partial charge in [-0.15, -0.1) is 0 Å². The van der Waals surface area contributed by atoms with Crippen molar-refractivity contribution in [3.05, 3.63) is 53.6 Å². The Bertz CT molecular complexity index is 948. The van der Waals surface area contributed by atoms with Crippen LogP contribution in [0.1, 0.15) is 0 Å². The van der Waals surface area contributed by atoms with Crippen LogP contribution in [0, 0.1) is 11.3 Å². The van der Waals surface area contributed by atoms with Gasteiger partial charge in [0.05, 0.1) is 10.6 Å². The smallest absolute Gasteiger partial charge is 0.287 e. The molecule has 0 bridgehead atoms. The first-order chi connectivity index (χ1) is 11.8. The predicted octanol–water partition coefficient (Wildman–Crippen LogP) is 1.92. The minimum atomic E-state index is -3.82. The molecular weight excluding hydrogens is 366 g/mol. The van der Waals surface area contributed by atoms with E-state index in [-0.39, 0.29) is 10.6 Å². The van der Waals surface area contributed by atoms with E-state index in [1.807, 2.05) is 0 Å². The Labute approximate surface area is 149 Å². The van der Waals surface area contributed by atoms with E-state index < -0.39 is 21.6 Å². The second kappa shape index (κ2) is 7.76. The molecule has 0 fully saturated rings. The average Bonchev–Trinajstić information content (AvgIpc) is 2.56. The van der Waals surface area contributed by atoms with Gasteiger partial charge in [0.1, 0.15) is 6.07 Å². The summed E-state index contributed by atoms with van der Waals surface area (Å²) in [5.41, 5.74) is 2.99. The molecule has 0 aromatic heterocycles. The molecule has 10 heteroatoms. The Morgan fingerprint density at radius 1 is 1.08 bits per heavy atom. The normalized spacial score (nSPS) is 11.5. The maximum atomic E-state index is 12.0. The third-order valence-electron chi connectivity index (χ3n) is 2.90. The standard InChI is InChI=1S/C15H12ClN5O3S/c16-10-1-3-12(4-2-10)20-21-14(9-17)15(22)19-11-5-7-13(8-6-11)25(18,23)24/h1-8,20H,(H,19,22)(H2,18,23,24)/b21-14+. The van der Waals surface area contributed by atoms with Crippen LogP contribution in [-0.2, 0) is 14.8 Å². The molecule has 8 nitrogen and oxygen atoms in total. The second-order valence-corrected chi connectivity index (χ2v) is 6.71. The number of carbonyl (C=O) groups excluding carboxylic acids is 1. The molecule has 0 aliphatic heterocycles. The monoisotopic (exact) mass is 377 g/mol. The molecule has 2 aromatic rings. The molecule has 0 atom stereocenters. The van der Waals surface area contributed by atoms with E-state index in [0.29, 0.717) is 10.7 Å². The number of rotatable bonds is 5. The van der Waals surface area contributed by atoms with Crippen LogP contribution in [0.2, 0.25) is 5.02 Å². The number of sulfonamides is 1. The third-order valence-corrected chi connectivity index (χ3v) is 4.08. The summed E-state index contributed by atoms with van der Waals surface area (Å²) in [6, 6.07) is 13.3. The van der Waals surface area contributed by atoms with Gasteiger partial charge >= 0.3 is 0 Å². The summed E-state index contributed by atoms with van der Waals surface area (Å²) in [7, 11) is -3.82. The maximum Gasteiger partial charge on any atom is 0.287 e. The molecular formula is C15H12ClN5O3S. The predicted molar refractivity (Wildman–Crippen MR) is 94.6 cm³/mol. The number of nitrogens with zero attached hydrogens (tertiary/aromatic N) is 2. The fraction of sp³-hybridized carbons (Fsp3) is 0. The number of primary sulfonamides is 1. The van der Waals surface area contributed by atoms with E-state index in [2.05, 4.69) is 15.8 Å². The number of hydrazone groups is 1. The van der Waals surface area contributed by atoms with E-state index in [4.69, 9.17) is 22.0 Å². The lowest BCUT2D eigenvalue weighted by Gasteiger charge is -2.05. The van der Waals surface area contributed by atoms with Crippen LogP contribution in [0.4, 0.5) is 11.4 Å². The van der Waals surface area contributed by atoms with Gasteiger partial charge in [0.15, 0.2) is 0 Å². The number of hydrogen-bond acceptors (Lipinski definition) is 6. The zero-order valence-corrected chi connectivity index (χ0v) is 14.2. The fourth-order valence-electron chi connectivity index (χ4n) is 1.69. The molecule has 0 unspecified atom stereocenters. The van der Waals surface area contributed by atoms with Gasteiger partial charge < -0.3 is 5.32 Å². The van der Waals surface area contributed by atoms with E-state index in [1.54, 1.807) is 30.3 Å². The molecule has 0 saturated heterocycles. The summed E-state index contributed by atoms with van der Waals surface area (Å²) in [5.74, 6) is -0.757. The van der Waals surface area contributed by atoms with Crippen molar-refractivity contribution in [2.45, 2.75) is 4.90 Å². The number of nitriles is 1. The lowest BCUT2D eigenvalue weighted by Crippen LogP contribution is -2.22. The number of benzene rings is 2. The lowest BCUT2D eigenvalue weighted by atomic mass is 10.3. The molecule has 2 rings (SSSR count). The summed E-state index contributed by atoms with van der Waals surface area (Å²) >= 11 is 5.76. The van der Waals surface area contributed by atoms with Gasteiger partial charge in [0, 0.05) is 10.7 Å². The van der Waals surface area contributed by atoms with E-state index in [1.165, 1.54) is 24.3 Å². The van der Waals surface area contributed by atoms with Crippen molar-refractivity contribution >= 4 is 44.6 Å². The highest BCUT2D eigenvalue weighted by molar-refractivity contribution is 7.89. The molecule has 0 radical (unpaired) electrons. The number of carbonyl (C=O) groups is 1. The highest BCUT2D eigenvalue weighted by atomic mass is 35.5. The molecule has 0 aliphatic rings. The number of amides is 1. The second-order valence-electron chi connectivity index (χ2n) is 4.71. The quantitative estimate of drug-likeness (QED) is 0.539. The van der Waals surface area contributed by atoms with E-state index in [0.717, 1.165) is 0 Å². The van der Waals surface area contributed by atoms with Gasteiger partial charge in [-0.25, -0.2) is 13.6 Å². The minimum absolute atomic E-state index is 0.0934. The Kier molecular flexibility index (Phi) is 5.71. The van der Waals surface area contributed by atoms with Gasteiger partial charge in [-0.1, -0.05) is 11.6 Å². The summed E-state index contributed by atoms with van der Waals surface area (Å²) in [6.07, 6.45) is 0. The van der Waals surface area contributed by atoms with Gasteiger partial charge in [-0.3, -0.25) is 10.2 Å². The summed E-state index contributed by atoms with van der Waals surface area (Å²) in [5, 5.41) is 20.7. The maximum absolute atomic E-state index is 12.0. The molecule has 0 saturated carbocycles. The van der Waals surface area contributed by atoms with Crippen LogP contribution in [0.15, 0.2) is 58.5 Å². The molecule has 128 valence electrons. The van der Waals surface area contributed by atoms with Gasteiger partial charge in [-0.2, -0.15) is 10.4 Å². The Morgan fingerprint density at radius 3 is 2.16 bits per heavy atom. The molecule has 0 spiro atoms. The van der Waals surface area contributed by atoms with Crippen molar-refractivity contribution in [1.29, 1.82) is 5.26 Å². The number of halogens is 1. The van der Waals surface area contributed by atoms with Crippen LogP contribution in [0.3, 0.4) is 0 Å². The summed E-state index contributed by atoms with van der Waals surface area (Å²) < 4.78 is 22.3. The van der Waals surface area contributed by atoms with Crippen molar-refractivity contribution in [2.75, 3.05) is 10.7 Å². The van der Waals surface area contributed by atoms with Gasteiger partial charge in [0.25, 0.3) is 5.91 Å². The zero-order chi connectivity index (χ0) is 18.4. The molecule has 1 amide bonds. The topological polar surface area (TPSA) is 137 Å². The minimum Gasteiger partial charge on any atom is -0.320 e. The van der Waals surface area contributed by atoms with Crippen LogP contribution in [0.25, 0.3) is 0 Å². The average molecular weight is 378 g/mol. The first kappa shape index (κ1) is 18.4. The molecule has 0 heterocycles. The van der Waals surface area contributed by atoms with Crippen LogP contribution in [-0.4, -0.2) is 20.0 Å². The number of anilines is 2. The van der Waals surface area contributed by atoms with Crippen LogP contribution >= 0.6 is 11.6 Å². The van der Waals surface area contributed by atoms with Crippen LogP contribution in [0.5, 0.6) is 0 Å². The van der Waals surface area contributed by atoms with Crippen molar-refractivity contribution < 1.29 is 13.2 Å². The highest BCUT2D eigenvalue weighted by Crippen LogP contribution is 2.14. The van der Waals surface area contributed by atoms with Crippen molar-refractivity contribution in [3.63, 3.8) is 0 Å². The Hall–Kier alpha value is -2.93. The Balaban J connectivity index is 2.08. The van der Waals surface area contributed by atoms with E-state index in [9.17, 15) is 13.2 Å². The number of nitrogens with two attached hydrogens (primary N) is 1. The third kappa shape index (κ3) is 5.29. The summed E-state index contributed by atoms with van der Waals surface area (Å²) in [6.45, 7) is 0. The largest absolute Gasteiger partial charge is 0.320 e. The highest BCUT2D eigenvalue weighted by Gasteiger charge is 2.12. The molecule has 0 aliphatic carbocycles. The Morgan fingerprint density at radius 2 is 1.64 bits per heavy atom. The van der Waals surface area contributed by atoms with Gasteiger partial charge in [-0.05, 0) is 48.5 Å². The fourth-order valence-corrected chi connectivity index (χ4v) is 2.33. The SMILES string of the molecule is N#C/C(=N\Nc1ccc(Cl)cc1)C(=O)Nc1ccc(S(N)(=O)=O)cc1. The van der Waals surface area contributed by atoms with Crippen molar-refractivity contribution in [2.24, 2.45) is 10.2 Å². The van der Waals surface area contributed by atoms with Crippen LogP contribution < -0.4 is 15.9 Å². The lowest BCUT2D eigenvalue weighted by molar-refractivity contribution is -0.110. The molecule has 25 heavy (non-hydrogen) atoms. The van der Waals surface area contributed by atoms with E-state index >= 15 is 0 Å². The first-order valence-electron chi connectivity index (χ1n) is 6.73. The first-order valence-corrected chi connectivity index (χ1v) is 8.65.